The monoisotopic (exact) mass is 390 g/mol. The largest absolute Gasteiger partial charge is 0.494 e. The van der Waals surface area contributed by atoms with Crippen molar-refractivity contribution < 1.29 is 4.74 Å². The third-order valence-corrected chi connectivity index (χ3v) is 4.04. The van der Waals surface area contributed by atoms with E-state index < -0.39 is 0 Å². The number of rotatable bonds is 1. The van der Waals surface area contributed by atoms with Crippen LogP contribution in [0.25, 0.3) is 0 Å². The van der Waals surface area contributed by atoms with Gasteiger partial charge >= 0.3 is 0 Å². The molecular formula is C7H5Br2IO. The summed E-state index contributed by atoms with van der Waals surface area (Å²) in [6.45, 7) is 0. The van der Waals surface area contributed by atoms with Gasteiger partial charge in [-0.15, -0.1) is 0 Å². The van der Waals surface area contributed by atoms with Crippen molar-refractivity contribution in [1.29, 1.82) is 0 Å². The molecule has 0 saturated heterocycles. The highest BCUT2D eigenvalue weighted by Gasteiger charge is 2.07. The van der Waals surface area contributed by atoms with Gasteiger partial charge in [0.1, 0.15) is 5.75 Å². The van der Waals surface area contributed by atoms with Gasteiger partial charge in [-0.1, -0.05) is 0 Å². The Morgan fingerprint density at radius 1 is 1.36 bits per heavy atom. The van der Waals surface area contributed by atoms with E-state index in [9.17, 15) is 0 Å². The molecule has 0 saturated carbocycles. The van der Waals surface area contributed by atoms with E-state index in [1.54, 1.807) is 7.11 Å². The van der Waals surface area contributed by atoms with E-state index in [2.05, 4.69) is 54.5 Å². The summed E-state index contributed by atoms with van der Waals surface area (Å²) >= 11 is 9.03. The summed E-state index contributed by atoms with van der Waals surface area (Å²) in [5.74, 6) is 0.875. The van der Waals surface area contributed by atoms with Gasteiger partial charge in [-0.25, -0.2) is 0 Å². The van der Waals surface area contributed by atoms with Crippen LogP contribution in [0, 0.1) is 3.57 Å². The molecule has 0 aliphatic heterocycles. The van der Waals surface area contributed by atoms with Crippen molar-refractivity contribution in [2.45, 2.75) is 0 Å². The first-order chi connectivity index (χ1) is 5.16. The van der Waals surface area contributed by atoms with Crippen LogP contribution >= 0.6 is 54.5 Å². The van der Waals surface area contributed by atoms with Crippen LogP contribution in [-0.2, 0) is 0 Å². The van der Waals surface area contributed by atoms with Crippen molar-refractivity contribution in [3.8, 4) is 5.75 Å². The second-order valence-corrected chi connectivity index (χ2v) is 4.69. The molecule has 1 aromatic rings. The molecule has 1 rings (SSSR count). The van der Waals surface area contributed by atoms with Gasteiger partial charge in [-0.2, -0.15) is 0 Å². The molecule has 4 heteroatoms. The minimum Gasteiger partial charge on any atom is -0.494 e. The molecule has 60 valence electrons. The highest BCUT2D eigenvalue weighted by Crippen LogP contribution is 2.35. The predicted molar refractivity (Wildman–Crippen MR) is 61.1 cm³/mol. The molecule has 1 nitrogen and oxygen atoms in total. The fraction of sp³-hybridized carbons (Fsp3) is 0.143. The van der Waals surface area contributed by atoms with E-state index in [1.807, 2.05) is 12.1 Å². The topological polar surface area (TPSA) is 9.23 Å². The first-order valence-corrected chi connectivity index (χ1v) is 5.50. The summed E-state index contributed by atoms with van der Waals surface area (Å²) in [7, 11) is 1.66. The fourth-order valence-electron chi connectivity index (χ4n) is 0.696. The molecule has 1 aromatic carbocycles. The lowest BCUT2D eigenvalue weighted by Gasteiger charge is -2.06. The molecule has 0 spiro atoms. The second-order valence-electron chi connectivity index (χ2n) is 1.88. The van der Waals surface area contributed by atoms with Crippen LogP contribution in [0.15, 0.2) is 21.1 Å². The minimum absolute atomic E-state index is 0.875. The lowest BCUT2D eigenvalue weighted by atomic mass is 10.3. The Kier molecular flexibility index (Phi) is 3.64. The van der Waals surface area contributed by atoms with Gasteiger partial charge in [0.2, 0.25) is 0 Å². The molecule has 0 amide bonds. The standard InChI is InChI=1S/C7H5Br2IO/c1-11-7-5(10)3-2-4(8)6(7)9/h2-3H,1H3. The molecule has 0 fully saturated rings. The van der Waals surface area contributed by atoms with E-state index in [0.717, 1.165) is 18.3 Å². The highest BCUT2D eigenvalue weighted by molar-refractivity contribution is 14.1. The average Bonchev–Trinajstić information content (AvgIpc) is 1.99. The highest BCUT2D eigenvalue weighted by atomic mass is 127. The summed E-state index contributed by atoms with van der Waals surface area (Å²) < 4.78 is 8.24. The van der Waals surface area contributed by atoms with Crippen molar-refractivity contribution in [1.82, 2.24) is 0 Å². The van der Waals surface area contributed by atoms with Gasteiger partial charge in [-0.3, -0.25) is 0 Å². The molecule has 0 unspecified atom stereocenters. The van der Waals surface area contributed by atoms with Crippen molar-refractivity contribution in [2.24, 2.45) is 0 Å². The Bertz CT molecular complexity index is 275. The van der Waals surface area contributed by atoms with Gasteiger partial charge < -0.3 is 4.74 Å². The quantitative estimate of drug-likeness (QED) is 0.522. The molecule has 0 aromatic heterocycles. The molecule has 11 heavy (non-hydrogen) atoms. The van der Waals surface area contributed by atoms with Gasteiger partial charge in [0.15, 0.2) is 0 Å². The van der Waals surface area contributed by atoms with Crippen molar-refractivity contribution in [3.63, 3.8) is 0 Å². The second kappa shape index (κ2) is 4.09. The number of hydrogen-bond acceptors (Lipinski definition) is 1. The van der Waals surface area contributed by atoms with Gasteiger partial charge in [0.25, 0.3) is 0 Å². The van der Waals surface area contributed by atoms with E-state index in [1.165, 1.54) is 0 Å². The number of benzene rings is 1. The summed E-state index contributed by atoms with van der Waals surface area (Å²) in [4.78, 5) is 0. The Morgan fingerprint density at radius 3 is 2.45 bits per heavy atom. The third-order valence-electron chi connectivity index (χ3n) is 1.21. The number of hydrogen-bond donors (Lipinski definition) is 0. The molecule has 0 heterocycles. The zero-order chi connectivity index (χ0) is 8.43. The maximum absolute atomic E-state index is 5.17. The average molecular weight is 392 g/mol. The van der Waals surface area contributed by atoms with Crippen molar-refractivity contribution >= 4 is 54.5 Å². The number of ether oxygens (including phenoxy) is 1. The molecule has 0 N–H and O–H groups in total. The van der Waals surface area contributed by atoms with E-state index >= 15 is 0 Å². The normalized spacial score (nSPS) is 9.82. The van der Waals surface area contributed by atoms with Crippen LogP contribution in [0.2, 0.25) is 0 Å². The Balaban J connectivity index is 3.29. The maximum Gasteiger partial charge on any atom is 0.147 e. The van der Waals surface area contributed by atoms with E-state index in [-0.39, 0.29) is 0 Å². The fourth-order valence-corrected chi connectivity index (χ4v) is 2.56. The van der Waals surface area contributed by atoms with Crippen LogP contribution < -0.4 is 4.74 Å². The zero-order valence-electron chi connectivity index (χ0n) is 5.70. The zero-order valence-corrected chi connectivity index (χ0v) is 11.0. The molecule has 0 bridgehead atoms. The van der Waals surface area contributed by atoms with Gasteiger partial charge in [0.05, 0.1) is 15.2 Å². The van der Waals surface area contributed by atoms with Crippen LogP contribution in [-0.4, -0.2) is 7.11 Å². The van der Waals surface area contributed by atoms with Gasteiger partial charge in [-0.05, 0) is 66.6 Å². The first-order valence-electron chi connectivity index (χ1n) is 2.84. The molecule has 0 radical (unpaired) electrons. The number of halogens is 3. The Morgan fingerprint density at radius 2 is 2.00 bits per heavy atom. The lowest BCUT2D eigenvalue weighted by Crippen LogP contribution is -1.88. The molecular weight excluding hydrogens is 387 g/mol. The molecule has 0 aliphatic rings. The van der Waals surface area contributed by atoms with Gasteiger partial charge in [0, 0.05) is 4.47 Å². The van der Waals surface area contributed by atoms with Crippen LogP contribution in [0.4, 0.5) is 0 Å². The first kappa shape index (κ1) is 9.80. The summed E-state index contributed by atoms with van der Waals surface area (Å²) in [5, 5.41) is 0. The molecule has 0 aliphatic carbocycles. The van der Waals surface area contributed by atoms with E-state index in [4.69, 9.17) is 4.74 Å². The van der Waals surface area contributed by atoms with Crippen molar-refractivity contribution in [2.75, 3.05) is 7.11 Å². The Hall–Kier alpha value is 0.710. The summed E-state index contributed by atoms with van der Waals surface area (Å²) in [5.41, 5.74) is 0. The predicted octanol–water partition coefficient (Wildman–Crippen LogP) is 3.82. The SMILES string of the molecule is COc1c(I)ccc(Br)c1Br. The van der Waals surface area contributed by atoms with E-state index in [0.29, 0.717) is 0 Å². The van der Waals surface area contributed by atoms with Crippen LogP contribution in [0.5, 0.6) is 5.75 Å². The Labute approximate surface area is 95.9 Å². The maximum atomic E-state index is 5.17. The number of methoxy groups -OCH3 is 1. The van der Waals surface area contributed by atoms with Crippen LogP contribution in [0.1, 0.15) is 0 Å². The molecule has 0 atom stereocenters. The van der Waals surface area contributed by atoms with Crippen LogP contribution in [0.3, 0.4) is 0 Å². The third kappa shape index (κ3) is 2.09. The smallest absolute Gasteiger partial charge is 0.147 e. The summed E-state index contributed by atoms with van der Waals surface area (Å²) in [6.07, 6.45) is 0. The van der Waals surface area contributed by atoms with Crippen molar-refractivity contribution in [3.05, 3.63) is 24.6 Å². The lowest BCUT2D eigenvalue weighted by molar-refractivity contribution is 0.409. The summed E-state index contributed by atoms with van der Waals surface area (Å²) in [6, 6.07) is 3.97. The minimum atomic E-state index is 0.875.